The third-order valence-electron chi connectivity index (χ3n) is 7.77. The summed E-state index contributed by atoms with van der Waals surface area (Å²) in [6.45, 7) is 4.31. The molecule has 5 nitrogen and oxygen atoms in total. The van der Waals surface area contributed by atoms with Crippen LogP contribution in [-0.2, 0) is 17.6 Å². The molecule has 0 bridgehead atoms. The number of carbonyl (C=O) groups excluding carboxylic acids is 1. The maximum Gasteiger partial charge on any atom is 0.144 e. The highest BCUT2D eigenvalue weighted by Gasteiger charge is 2.26. The van der Waals surface area contributed by atoms with Crippen molar-refractivity contribution in [2.45, 2.75) is 31.6 Å². The minimum absolute atomic E-state index is 0.0154. The van der Waals surface area contributed by atoms with Gasteiger partial charge in [0.1, 0.15) is 5.78 Å². The number of anilines is 1. The van der Waals surface area contributed by atoms with Crippen molar-refractivity contribution in [3.05, 3.63) is 83.4 Å². The molecule has 5 heteroatoms. The van der Waals surface area contributed by atoms with Crippen molar-refractivity contribution < 1.29 is 4.79 Å². The largest absolute Gasteiger partial charge is 0.369 e. The van der Waals surface area contributed by atoms with Gasteiger partial charge in [0.25, 0.3) is 0 Å². The van der Waals surface area contributed by atoms with Crippen molar-refractivity contribution in [3.8, 4) is 11.3 Å². The Kier molecular flexibility index (Phi) is 5.86. The number of nitrogens with one attached hydrogen (secondary N) is 1. The summed E-state index contributed by atoms with van der Waals surface area (Å²) in [6, 6.07) is 23.5. The van der Waals surface area contributed by atoms with Gasteiger partial charge in [-0.15, -0.1) is 0 Å². The van der Waals surface area contributed by atoms with Gasteiger partial charge in [-0.2, -0.15) is 5.10 Å². The summed E-state index contributed by atoms with van der Waals surface area (Å²) >= 11 is 0. The third-order valence-corrected chi connectivity index (χ3v) is 7.77. The number of carbonyl (C=O) groups is 1. The molecule has 1 aromatic heterocycles. The highest BCUT2D eigenvalue weighted by Crippen LogP contribution is 2.34. The van der Waals surface area contributed by atoms with Crippen LogP contribution < -0.4 is 4.90 Å². The predicted octanol–water partition coefficient (Wildman–Crippen LogP) is 5.21. The molecule has 178 valence electrons. The monoisotopic (exact) mass is 464 g/mol. The topological polar surface area (TPSA) is 52.2 Å². The normalized spacial score (nSPS) is 18.5. The van der Waals surface area contributed by atoms with E-state index in [1.54, 1.807) is 0 Å². The smallest absolute Gasteiger partial charge is 0.144 e. The molecule has 1 unspecified atom stereocenters. The molecule has 1 aliphatic heterocycles. The molecule has 3 aromatic carbocycles. The van der Waals surface area contributed by atoms with E-state index in [4.69, 9.17) is 0 Å². The first-order valence-corrected chi connectivity index (χ1v) is 12.8. The molecule has 0 amide bonds. The molecule has 0 radical (unpaired) electrons. The summed E-state index contributed by atoms with van der Waals surface area (Å²) in [5.41, 5.74) is 7.94. The molecule has 1 aliphatic carbocycles. The number of H-pyrrole nitrogens is 1. The van der Waals surface area contributed by atoms with Gasteiger partial charge in [-0.1, -0.05) is 42.5 Å². The Labute approximate surface area is 206 Å². The van der Waals surface area contributed by atoms with Crippen molar-refractivity contribution in [1.29, 1.82) is 0 Å². The zero-order valence-corrected chi connectivity index (χ0v) is 20.3. The Morgan fingerprint density at radius 3 is 2.63 bits per heavy atom. The molecule has 1 saturated heterocycles. The number of fused-ring (bicyclic) bond motifs is 2. The van der Waals surface area contributed by atoms with Gasteiger partial charge >= 0.3 is 0 Å². The molecular weight excluding hydrogens is 432 g/mol. The fraction of sp³-hybridized carbons (Fsp3) is 0.333. The molecule has 1 atom stereocenters. The highest BCUT2D eigenvalue weighted by molar-refractivity contribution is 5.95. The van der Waals surface area contributed by atoms with Crippen LogP contribution in [0.1, 0.15) is 35.4 Å². The standard InChI is InChI=1S/C30H32N4O/c1-33-15-17-34(18-16-33)24-12-10-23(11-13-24)30-27-19-21(9-14-28(27)31-32-30)20-29(35)26-8-4-6-22-5-2-3-7-25(22)26/h2-3,5,7,9-14,19,26H,4,6,8,15-18,20H2,1H3,(H,31,32). The zero-order chi connectivity index (χ0) is 23.8. The van der Waals surface area contributed by atoms with Crippen LogP contribution >= 0.6 is 0 Å². The van der Waals surface area contributed by atoms with Crippen LogP contribution in [0.25, 0.3) is 22.2 Å². The second-order valence-corrected chi connectivity index (χ2v) is 10.1. The van der Waals surface area contributed by atoms with E-state index < -0.39 is 0 Å². The van der Waals surface area contributed by atoms with Crippen molar-refractivity contribution in [3.63, 3.8) is 0 Å². The number of rotatable bonds is 5. The van der Waals surface area contributed by atoms with Crippen molar-refractivity contribution >= 4 is 22.4 Å². The molecule has 6 rings (SSSR count). The first-order chi connectivity index (χ1) is 17.2. The van der Waals surface area contributed by atoms with Crippen LogP contribution in [0.15, 0.2) is 66.7 Å². The van der Waals surface area contributed by atoms with Crippen LogP contribution in [0.3, 0.4) is 0 Å². The number of hydrogen-bond donors (Lipinski definition) is 1. The summed E-state index contributed by atoms with van der Waals surface area (Å²) in [6.07, 6.45) is 3.58. The number of benzene rings is 3. The van der Waals surface area contributed by atoms with Crippen LogP contribution in [0.5, 0.6) is 0 Å². The first kappa shape index (κ1) is 22.1. The number of hydrogen-bond acceptors (Lipinski definition) is 4. The number of Topliss-reactive ketones (excluding diaryl/α,β-unsaturated/α-hetero) is 1. The Morgan fingerprint density at radius 2 is 1.80 bits per heavy atom. The molecule has 0 saturated carbocycles. The van der Waals surface area contributed by atoms with E-state index in [2.05, 4.69) is 93.8 Å². The van der Waals surface area contributed by atoms with E-state index in [0.29, 0.717) is 12.2 Å². The van der Waals surface area contributed by atoms with Crippen molar-refractivity contribution in [2.24, 2.45) is 0 Å². The summed E-state index contributed by atoms with van der Waals surface area (Å²) in [4.78, 5) is 18.2. The molecule has 1 fully saturated rings. The average molecular weight is 465 g/mol. The number of aromatic nitrogens is 2. The molecule has 1 N–H and O–H groups in total. The lowest BCUT2D eigenvalue weighted by Gasteiger charge is -2.34. The lowest BCUT2D eigenvalue weighted by Crippen LogP contribution is -2.44. The van der Waals surface area contributed by atoms with Gasteiger partial charge in [0, 0.05) is 55.2 Å². The number of aromatic amines is 1. The Hall–Kier alpha value is -3.44. The van der Waals surface area contributed by atoms with E-state index >= 15 is 0 Å². The second kappa shape index (κ2) is 9.31. The molecule has 2 aliphatic rings. The molecular formula is C30H32N4O. The van der Waals surface area contributed by atoms with Crippen LogP contribution in [-0.4, -0.2) is 54.1 Å². The van der Waals surface area contributed by atoms with E-state index in [1.165, 1.54) is 16.8 Å². The van der Waals surface area contributed by atoms with Gasteiger partial charge in [0.05, 0.1) is 11.2 Å². The van der Waals surface area contributed by atoms with E-state index in [9.17, 15) is 4.79 Å². The predicted molar refractivity (Wildman–Crippen MR) is 142 cm³/mol. The van der Waals surface area contributed by atoms with E-state index in [-0.39, 0.29) is 5.92 Å². The minimum atomic E-state index is 0.0154. The van der Waals surface area contributed by atoms with E-state index in [0.717, 1.165) is 73.2 Å². The van der Waals surface area contributed by atoms with Crippen molar-refractivity contribution in [1.82, 2.24) is 15.1 Å². The van der Waals surface area contributed by atoms with Crippen LogP contribution in [0.4, 0.5) is 5.69 Å². The number of nitrogens with zero attached hydrogens (tertiary/aromatic N) is 3. The Morgan fingerprint density at radius 1 is 1.00 bits per heavy atom. The van der Waals surface area contributed by atoms with Gasteiger partial charge < -0.3 is 9.80 Å². The molecule has 2 heterocycles. The minimum Gasteiger partial charge on any atom is -0.369 e. The summed E-state index contributed by atoms with van der Waals surface area (Å²) in [5.74, 6) is 0.333. The average Bonchev–Trinajstić information content (AvgIpc) is 3.32. The Bertz CT molecular complexity index is 1350. The number of ketones is 1. The fourth-order valence-corrected chi connectivity index (χ4v) is 5.70. The number of piperazine rings is 1. The fourth-order valence-electron chi connectivity index (χ4n) is 5.70. The lowest BCUT2D eigenvalue weighted by molar-refractivity contribution is -0.120. The molecule has 0 spiro atoms. The first-order valence-electron chi connectivity index (χ1n) is 12.8. The summed E-state index contributed by atoms with van der Waals surface area (Å²) in [7, 11) is 2.18. The SMILES string of the molecule is CN1CCN(c2ccc(-c3n[nH]c4ccc(CC(=O)C5CCCc6ccccc65)cc34)cc2)CC1. The number of aryl methyl sites for hydroxylation is 1. The number of likely N-dealkylation sites (N-methyl/N-ethyl adjacent to an activating group) is 1. The quantitative estimate of drug-likeness (QED) is 0.440. The summed E-state index contributed by atoms with van der Waals surface area (Å²) < 4.78 is 0. The maximum atomic E-state index is 13.3. The highest BCUT2D eigenvalue weighted by atomic mass is 16.1. The van der Waals surface area contributed by atoms with Crippen molar-refractivity contribution in [2.75, 3.05) is 38.1 Å². The van der Waals surface area contributed by atoms with Gasteiger partial charge in [-0.25, -0.2) is 0 Å². The van der Waals surface area contributed by atoms with E-state index in [1.807, 2.05) is 0 Å². The van der Waals surface area contributed by atoms with Gasteiger partial charge in [0.2, 0.25) is 0 Å². The van der Waals surface area contributed by atoms with Gasteiger partial charge in [-0.3, -0.25) is 9.89 Å². The van der Waals surface area contributed by atoms with Crippen LogP contribution in [0.2, 0.25) is 0 Å². The summed E-state index contributed by atoms with van der Waals surface area (Å²) in [5, 5.41) is 8.88. The van der Waals surface area contributed by atoms with Crippen LogP contribution in [0, 0.1) is 0 Å². The van der Waals surface area contributed by atoms with Gasteiger partial charge in [-0.05, 0) is 67.3 Å². The second-order valence-electron chi connectivity index (χ2n) is 10.1. The van der Waals surface area contributed by atoms with Gasteiger partial charge in [0.15, 0.2) is 0 Å². The molecule has 4 aromatic rings. The Balaban J connectivity index is 1.23. The maximum absolute atomic E-state index is 13.3. The molecule has 35 heavy (non-hydrogen) atoms. The third kappa shape index (κ3) is 4.37. The zero-order valence-electron chi connectivity index (χ0n) is 20.3. The lowest BCUT2D eigenvalue weighted by atomic mass is 9.79.